The van der Waals surface area contributed by atoms with Crippen LogP contribution in [0, 0.1) is 19.7 Å². The molecule has 0 aliphatic heterocycles. The smallest absolute Gasteiger partial charge is 0.263 e. The molecule has 0 radical (unpaired) electrons. The minimum Gasteiger partial charge on any atom is -0.292 e. The summed E-state index contributed by atoms with van der Waals surface area (Å²) in [6.45, 7) is 3.20. The average Bonchev–Trinajstić information content (AvgIpc) is 3.30. The quantitative estimate of drug-likeness (QED) is 0.463. The van der Waals surface area contributed by atoms with Crippen LogP contribution in [0.3, 0.4) is 0 Å². The van der Waals surface area contributed by atoms with Gasteiger partial charge in [0.2, 0.25) is 0 Å². The van der Waals surface area contributed by atoms with E-state index in [1.54, 1.807) is 25.2 Å². The Morgan fingerprint density at radius 2 is 2.04 bits per heavy atom. The van der Waals surface area contributed by atoms with Gasteiger partial charge < -0.3 is 0 Å². The van der Waals surface area contributed by atoms with Crippen molar-refractivity contribution in [2.75, 3.05) is 0 Å². The molecule has 0 N–H and O–H groups in total. The second-order valence-electron chi connectivity index (χ2n) is 6.24. The molecule has 0 saturated heterocycles. The lowest BCUT2D eigenvalue weighted by molar-refractivity contribution is 0.0969. The molecule has 27 heavy (non-hydrogen) atoms. The Morgan fingerprint density at radius 1 is 1.22 bits per heavy atom. The van der Waals surface area contributed by atoms with Gasteiger partial charge in [-0.25, -0.2) is 9.37 Å². The lowest BCUT2D eigenvalue weighted by atomic mass is 10.1. The van der Waals surface area contributed by atoms with E-state index in [0.29, 0.717) is 27.2 Å². The van der Waals surface area contributed by atoms with E-state index in [1.165, 1.54) is 34.1 Å². The van der Waals surface area contributed by atoms with Gasteiger partial charge in [-0.3, -0.25) is 14.2 Å². The molecular formula is C20H15FN2O2S2. The standard InChI is InChI=1S/C20H15FN2O2S2/c1-11-8-13(5-6-15(11)21)16(24)9-23-12(2)22-19-18(20(23)25)14(10-27-19)17-4-3-7-26-17/h3-8,10H,9H2,1-2H3. The highest BCUT2D eigenvalue weighted by Gasteiger charge is 2.18. The largest absolute Gasteiger partial charge is 0.292 e. The van der Waals surface area contributed by atoms with Crippen molar-refractivity contribution < 1.29 is 9.18 Å². The number of hydrogen-bond donors (Lipinski definition) is 0. The fraction of sp³-hybridized carbons (Fsp3) is 0.150. The number of thiophene rings is 2. The summed E-state index contributed by atoms with van der Waals surface area (Å²) in [4.78, 5) is 32.0. The van der Waals surface area contributed by atoms with Crippen molar-refractivity contribution in [3.63, 3.8) is 0 Å². The molecule has 0 fully saturated rings. The van der Waals surface area contributed by atoms with Gasteiger partial charge in [0.1, 0.15) is 16.5 Å². The number of halogens is 1. The van der Waals surface area contributed by atoms with Crippen LogP contribution in [0.2, 0.25) is 0 Å². The number of nitrogens with zero attached hydrogens (tertiary/aromatic N) is 2. The van der Waals surface area contributed by atoms with E-state index in [4.69, 9.17) is 0 Å². The van der Waals surface area contributed by atoms with Crippen molar-refractivity contribution in [1.82, 2.24) is 9.55 Å². The van der Waals surface area contributed by atoms with Crippen LogP contribution in [0.5, 0.6) is 0 Å². The summed E-state index contributed by atoms with van der Waals surface area (Å²) in [7, 11) is 0. The predicted molar refractivity (Wildman–Crippen MR) is 107 cm³/mol. The zero-order valence-corrected chi connectivity index (χ0v) is 16.3. The molecule has 0 atom stereocenters. The van der Waals surface area contributed by atoms with Gasteiger partial charge in [0, 0.05) is 21.4 Å². The number of ketones is 1. The van der Waals surface area contributed by atoms with Crippen molar-refractivity contribution >= 4 is 38.7 Å². The predicted octanol–water partition coefficient (Wildman–Crippen LogP) is 4.83. The van der Waals surface area contributed by atoms with E-state index in [9.17, 15) is 14.0 Å². The van der Waals surface area contributed by atoms with Crippen LogP contribution in [-0.4, -0.2) is 15.3 Å². The van der Waals surface area contributed by atoms with Crippen molar-refractivity contribution in [1.29, 1.82) is 0 Å². The monoisotopic (exact) mass is 398 g/mol. The van der Waals surface area contributed by atoms with Crippen LogP contribution in [0.25, 0.3) is 20.7 Å². The van der Waals surface area contributed by atoms with Crippen molar-refractivity contribution in [2.24, 2.45) is 0 Å². The van der Waals surface area contributed by atoms with Crippen LogP contribution < -0.4 is 5.56 Å². The van der Waals surface area contributed by atoms with Crippen LogP contribution >= 0.6 is 22.7 Å². The SMILES string of the molecule is Cc1cc(C(=O)Cn2c(C)nc3scc(-c4cccs4)c3c2=O)ccc1F. The lowest BCUT2D eigenvalue weighted by Gasteiger charge is -2.10. The molecule has 3 aromatic heterocycles. The van der Waals surface area contributed by atoms with Gasteiger partial charge in [0.05, 0.1) is 11.9 Å². The van der Waals surface area contributed by atoms with Crippen LogP contribution in [0.4, 0.5) is 4.39 Å². The number of aromatic nitrogens is 2. The number of hydrogen-bond acceptors (Lipinski definition) is 5. The third-order valence-corrected chi connectivity index (χ3v) is 6.23. The molecule has 0 aliphatic carbocycles. The number of fused-ring (bicyclic) bond motifs is 1. The summed E-state index contributed by atoms with van der Waals surface area (Å²) in [5.74, 6) is -0.126. The number of carbonyl (C=O) groups excluding carboxylic acids is 1. The number of carbonyl (C=O) groups is 1. The maximum atomic E-state index is 13.5. The Morgan fingerprint density at radius 3 is 2.74 bits per heavy atom. The minimum atomic E-state index is -0.359. The molecule has 0 aliphatic rings. The van der Waals surface area contributed by atoms with Crippen LogP contribution in [0.15, 0.2) is 45.9 Å². The van der Waals surface area contributed by atoms with Crippen molar-refractivity contribution in [2.45, 2.75) is 20.4 Å². The molecule has 1 aromatic carbocycles. The number of benzene rings is 1. The summed E-state index contributed by atoms with van der Waals surface area (Å²) < 4.78 is 14.9. The highest BCUT2D eigenvalue weighted by Crippen LogP contribution is 2.33. The molecule has 4 rings (SSSR count). The summed E-state index contributed by atoms with van der Waals surface area (Å²) in [6, 6.07) is 8.12. The second kappa shape index (κ2) is 6.83. The van der Waals surface area contributed by atoms with Gasteiger partial charge in [-0.05, 0) is 49.1 Å². The van der Waals surface area contributed by atoms with E-state index in [0.717, 1.165) is 10.4 Å². The van der Waals surface area contributed by atoms with Crippen LogP contribution in [-0.2, 0) is 6.54 Å². The third kappa shape index (κ3) is 3.13. The van der Waals surface area contributed by atoms with E-state index in [1.807, 2.05) is 22.9 Å². The van der Waals surface area contributed by atoms with Crippen molar-refractivity contribution in [3.05, 3.63) is 74.2 Å². The maximum Gasteiger partial charge on any atom is 0.263 e. The molecule has 0 unspecified atom stereocenters. The van der Waals surface area contributed by atoms with Gasteiger partial charge in [0.25, 0.3) is 5.56 Å². The van der Waals surface area contributed by atoms with Crippen LogP contribution in [0.1, 0.15) is 21.7 Å². The first-order valence-corrected chi connectivity index (χ1v) is 10.0. The van der Waals surface area contributed by atoms with Crippen molar-refractivity contribution in [3.8, 4) is 10.4 Å². The van der Waals surface area contributed by atoms with Gasteiger partial charge in [-0.15, -0.1) is 22.7 Å². The molecule has 7 heteroatoms. The zero-order valence-electron chi connectivity index (χ0n) is 14.7. The molecular weight excluding hydrogens is 383 g/mol. The molecule has 0 amide bonds. The molecule has 0 spiro atoms. The van der Waals surface area contributed by atoms with Gasteiger partial charge in [-0.2, -0.15) is 0 Å². The number of aryl methyl sites for hydroxylation is 2. The Balaban J connectivity index is 1.79. The topological polar surface area (TPSA) is 52.0 Å². The first-order chi connectivity index (χ1) is 13.0. The van der Waals surface area contributed by atoms with E-state index in [-0.39, 0.29) is 23.7 Å². The first kappa shape index (κ1) is 17.8. The fourth-order valence-corrected chi connectivity index (χ4v) is 4.78. The lowest BCUT2D eigenvalue weighted by Crippen LogP contribution is -2.27. The molecule has 0 bridgehead atoms. The molecule has 0 saturated carbocycles. The van der Waals surface area contributed by atoms with Gasteiger partial charge in [0.15, 0.2) is 5.78 Å². The zero-order chi connectivity index (χ0) is 19.1. The van der Waals surface area contributed by atoms with Gasteiger partial charge >= 0.3 is 0 Å². The Bertz CT molecular complexity index is 1220. The summed E-state index contributed by atoms with van der Waals surface area (Å²) >= 11 is 2.98. The maximum absolute atomic E-state index is 13.5. The Hall–Kier alpha value is -2.64. The number of rotatable bonds is 4. The summed E-state index contributed by atoms with van der Waals surface area (Å²) in [5.41, 5.74) is 1.40. The molecule has 136 valence electrons. The average molecular weight is 398 g/mol. The minimum absolute atomic E-state index is 0.127. The highest BCUT2D eigenvalue weighted by atomic mass is 32.1. The molecule has 4 aromatic rings. The normalized spacial score (nSPS) is 11.2. The number of Topliss-reactive ketones (excluding diaryl/α,β-unsaturated/α-hetero) is 1. The van der Waals surface area contributed by atoms with E-state index >= 15 is 0 Å². The highest BCUT2D eigenvalue weighted by molar-refractivity contribution is 7.18. The first-order valence-electron chi connectivity index (χ1n) is 8.27. The third-order valence-electron chi connectivity index (χ3n) is 4.45. The Labute approximate surface area is 162 Å². The van der Waals surface area contributed by atoms with E-state index in [2.05, 4.69) is 4.98 Å². The molecule has 3 heterocycles. The second-order valence-corrected chi connectivity index (χ2v) is 8.05. The van der Waals surface area contributed by atoms with E-state index < -0.39 is 0 Å². The Kier molecular flexibility index (Phi) is 4.49. The summed E-state index contributed by atoms with van der Waals surface area (Å²) in [6.07, 6.45) is 0. The fourth-order valence-electron chi connectivity index (χ4n) is 2.98. The molecule has 4 nitrogen and oxygen atoms in total. The summed E-state index contributed by atoms with van der Waals surface area (Å²) in [5, 5.41) is 4.43. The van der Waals surface area contributed by atoms with Gasteiger partial charge in [-0.1, -0.05) is 6.07 Å².